The summed E-state index contributed by atoms with van der Waals surface area (Å²) in [7, 11) is -0.851. The normalized spacial score (nSPS) is 10.8. The minimum atomic E-state index is -3.85. The number of benzene rings is 2. The monoisotopic (exact) mass is 413 g/mol. The molecule has 150 valence electrons. The number of nitrogens with one attached hydrogen (secondary N) is 2. The Morgan fingerprint density at radius 1 is 0.966 bits per heavy atom. The molecule has 2 N–H and O–H groups in total. The zero-order valence-corrected chi connectivity index (χ0v) is 16.6. The van der Waals surface area contributed by atoms with Crippen LogP contribution in [-0.4, -0.2) is 33.5 Å². The first-order chi connectivity index (χ1) is 13.9. The SMILES string of the molecule is COc1ccc(S(=O)(=O)Nc2cncc(C(=O)Nc3ccccc3OC)c2)cc1. The van der Waals surface area contributed by atoms with Gasteiger partial charge in [-0.15, -0.1) is 0 Å². The molecular weight excluding hydrogens is 394 g/mol. The summed E-state index contributed by atoms with van der Waals surface area (Å²) in [6.45, 7) is 0. The largest absolute Gasteiger partial charge is 0.497 e. The van der Waals surface area contributed by atoms with Crippen LogP contribution in [0, 0.1) is 0 Å². The van der Waals surface area contributed by atoms with Crippen molar-refractivity contribution >= 4 is 27.3 Å². The number of amides is 1. The molecule has 0 bridgehead atoms. The zero-order chi connectivity index (χ0) is 20.9. The third-order valence-corrected chi connectivity index (χ3v) is 5.37. The molecule has 29 heavy (non-hydrogen) atoms. The molecule has 0 aliphatic heterocycles. The van der Waals surface area contributed by atoms with E-state index in [0.29, 0.717) is 17.2 Å². The highest BCUT2D eigenvalue weighted by molar-refractivity contribution is 7.92. The summed E-state index contributed by atoms with van der Waals surface area (Å²) in [5.74, 6) is 0.596. The van der Waals surface area contributed by atoms with Crippen molar-refractivity contribution in [2.45, 2.75) is 4.90 Å². The van der Waals surface area contributed by atoms with Crippen molar-refractivity contribution in [2.75, 3.05) is 24.3 Å². The van der Waals surface area contributed by atoms with Crippen molar-refractivity contribution in [3.05, 3.63) is 72.6 Å². The molecule has 0 atom stereocenters. The Bertz CT molecular complexity index is 1110. The summed E-state index contributed by atoms with van der Waals surface area (Å²) in [4.78, 5) is 16.6. The highest BCUT2D eigenvalue weighted by Gasteiger charge is 2.16. The van der Waals surface area contributed by atoms with Gasteiger partial charge in [-0.05, 0) is 42.5 Å². The molecule has 0 radical (unpaired) electrons. The van der Waals surface area contributed by atoms with Crippen LogP contribution in [0.3, 0.4) is 0 Å². The number of carbonyl (C=O) groups is 1. The molecule has 0 saturated carbocycles. The fourth-order valence-corrected chi connectivity index (χ4v) is 3.57. The van der Waals surface area contributed by atoms with E-state index in [9.17, 15) is 13.2 Å². The Labute approximate surface area is 168 Å². The molecule has 0 aliphatic rings. The third-order valence-electron chi connectivity index (χ3n) is 3.98. The number of rotatable bonds is 7. The van der Waals surface area contributed by atoms with Crippen molar-refractivity contribution in [2.24, 2.45) is 0 Å². The van der Waals surface area contributed by atoms with Gasteiger partial charge in [0.05, 0.1) is 42.3 Å². The van der Waals surface area contributed by atoms with Gasteiger partial charge >= 0.3 is 0 Å². The Morgan fingerprint density at radius 2 is 1.69 bits per heavy atom. The maximum Gasteiger partial charge on any atom is 0.261 e. The number of anilines is 2. The number of hydrogen-bond donors (Lipinski definition) is 2. The van der Waals surface area contributed by atoms with Crippen LogP contribution in [0.1, 0.15) is 10.4 Å². The Hall–Kier alpha value is -3.59. The van der Waals surface area contributed by atoms with Crippen LogP contribution in [0.5, 0.6) is 11.5 Å². The molecule has 0 unspecified atom stereocenters. The van der Waals surface area contributed by atoms with E-state index in [2.05, 4.69) is 15.0 Å². The van der Waals surface area contributed by atoms with Crippen molar-refractivity contribution in [1.82, 2.24) is 4.98 Å². The van der Waals surface area contributed by atoms with E-state index in [0.717, 1.165) is 0 Å². The number of pyridine rings is 1. The van der Waals surface area contributed by atoms with Crippen LogP contribution in [0.15, 0.2) is 71.9 Å². The molecule has 8 nitrogen and oxygen atoms in total. The Kier molecular flexibility index (Phi) is 5.99. The fraction of sp³-hybridized carbons (Fsp3) is 0.100. The van der Waals surface area contributed by atoms with E-state index >= 15 is 0 Å². The lowest BCUT2D eigenvalue weighted by atomic mass is 10.2. The standard InChI is InChI=1S/C20H19N3O5S/c1-27-16-7-9-17(10-8-16)29(25,26)23-15-11-14(12-21-13-15)20(24)22-18-5-3-4-6-19(18)28-2/h3-13,23H,1-2H3,(H,22,24). The number of carbonyl (C=O) groups excluding carboxylic acids is 1. The van der Waals surface area contributed by atoms with E-state index in [-0.39, 0.29) is 16.1 Å². The first kappa shape index (κ1) is 20.2. The lowest BCUT2D eigenvalue weighted by molar-refractivity contribution is 0.102. The molecule has 1 heterocycles. The van der Waals surface area contributed by atoms with Gasteiger partial charge in [-0.1, -0.05) is 12.1 Å². The highest BCUT2D eigenvalue weighted by Crippen LogP contribution is 2.24. The molecule has 1 amide bonds. The predicted octanol–water partition coefficient (Wildman–Crippen LogP) is 3.15. The molecule has 9 heteroatoms. The third kappa shape index (κ3) is 4.82. The molecule has 3 rings (SSSR count). The van der Waals surface area contributed by atoms with Crippen molar-refractivity contribution in [3.63, 3.8) is 0 Å². The van der Waals surface area contributed by atoms with E-state index in [1.807, 2.05) is 0 Å². The van der Waals surface area contributed by atoms with E-state index < -0.39 is 15.9 Å². The van der Waals surface area contributed by atoms with Crippen LogP contribution in [0.4, 0.5) is 11.4 Å². The average molecular weight is 413 g/mol. The predicted molar refractivity (Wildman–Crippen MR) is 109 cm³/mol. The molecule has 1 aromatic heterocycles. The maximum atomic E-state index is 12.6. The van der Waals surface area contributed by atoms with Crippen LogP contribution >= 0.6 is 0 Å². The van der Waals surface area contributed by atoms with Gasteiger partial charge in [-0.25, -0.2) is 8.42 Å². The lowest BCUT2D eigenvalue weighted by Crippen LogP contribution is -2.16. The number of aromatic nitrogens is 1. The molecule has 0 fully saturated rings. The first-order valence-corrected chi connectivity index (χ1v) is 9.97. The number of para-hydroxylation sites is 2. The molecule has 0 saturated heterocycles. The average Bonchev–Trinajstić information content (AvgIpc) is 2.74. The summed E-state index contributed by atoms with van der Waals surface area (Å²) in [6.07, 6.45) is 2.66. The fourth-order valence-electron chi connectivity index (χ4n) is 2.53. The minimum Gasteiger partial charge on any atom is -0.497 e. The zero-order valence-electron chi connectivity index (χ0n) is 15.7. The van der Waals surface area contributed by atoms with Gasteiger partial charge in [0.2, 0.25) is 0 Å². The molecule has 3 aromatic rings. The van der Waals surface area contributed by atoms with E-state index in [1.165, 1.54) is 44.8 Å². The van der Waals surface area contributed by atoms with Gasteiger partial charge < -0.3 is 14.8 Å². The van der Waals surface area contributed by atoms with Gasteiger partial charge in [0.25, 0.3) is 15.9 Å². The Balaban J connectivity index is 1.79. The second kappa shape index (κ2) is 8.61. The van der Waals surface area contributed by atoms with Crippen molar-refractivity contribution in [1.29, 1.82) is 0 Å². The molecular formula is C20H19N3O5S. The van der Waals surface area contributed by atoms with Crippen LogP contribution < -0.4 is 19.5 Å². The summed E-state index contributed by atoms with van der Waals surface area (Å²) >= 11 is 0. The summed E-state index contributed by atoms with van der Waals surface area (Å²) in [6, 6.07) is 14.3. The number of ether oxygens (including phenoxy) is 2. The van der Waals surface area contributed by atoms with E-state index in [1.54, 1.807) is 36.4 Å². The van der Waals surface area contributed by atoms with E-state index in [4.69, 9.17) is 9.47 Å². The van der Waals surface area contributed by atoms with Gasteiger partial charge in [0, 0.05) is 6.20 Å². The van der Waals surface area contributed by atoms with Crippen molar-refractivity contribution < 1.29 is 22.7 Å². The lowest BCUT2D eigenvalue weighted by Gasteiger charge is -2.11. The maximum absolute atomic E-state index is 12.6. The summed E-state index contributed by atoms with van der Waals surface area (Å²) in [5.41, 5.74) is 0.837. The van der Waals surface area contributed by atoms with Crippen LogP contribution in [0.2, 0.25) is 0 Å². The second-order valence-electron chi connectivity index (χ2n) is 5.90. The summed E-state index contributed by atoms with van der Waals surface area (Å²) in [5, 5.41) is 2.72. The number of methoxy groups -OCH3 is 2. The Morgan fingerprint density at radius 3 is 2.38 bits per heavy atom. The first-order valence-electron chi connectivity index (χ1n) is 8.49. The quantitative estimate of drug-likeness (QED) is 0.616. The molecule has 0 spiro atoms. The number of nitrogens with zero attached hydrogens (tertiary/aromatic N) is 1. The topological polar surface area (TPSA) is 107 Å². The summed E-state index contributed by atoms with van der Waals surface area (Å²) < 4.78 is 37.8. The van der Waals surface area contributed by atoms with Crippen molar-refractivity contribution in [3.8, 4) is 11.5 Å². The van der Waals surface area contributed by atoms with Crippen LogP contribution in [0.25, 0.3) is 0 Å². The van der Waals surface area contributed by atoms with Crippen LogP contribution in [-0.2, 0) is 10.0 Å². The molecule has 2 aromatic carbocycles. The molecule has 0 aliphatic carbocycles. The smallest absolute Gasteiger partial charge is 0.261 e. The van der Waals surface area contributed by atoms with Gasteiger partial charge in [-0.3, -0.25) is 14.5 Å². The number of hydrogen-bond acceptors (Lipinski definition) is 6. The number of sulfonamides is 1. The minimum absolute atomic E-state index is 0.0576. The van der Waals surface area contributed by atoms with Gasteiger partial charge in [-0.2, -0.15) is 0 Å². The highest BCUT2D eigenvalue weighted by atomic mass is 32.2. The van der Waals surface area contributed by atoms with Gasteiger partial charge in [0.1, 0.15) is 11.5 Å². The second-order valence-corrected chi connectivity index (χ2v) is 7.58. The van der Waals surface area contributed by atoms with Gasteiger partial charge in [0.15, 0.2) is 0 Å².